The lowest BCUT2D eigenvalue weighted by molar-refractivity contribution is -0.138. The van der Waals surface area contributed by atoms with E-state index in [4.69, 9.17) is 15.6 Å². The van der Waals surface area contributed by atoms with Crippen molar-refractivity contribution in [3.8, 4) is 5.75 Å². The van der Waals surface area contributed by atoms with Gasteiger partial charge in [0.05, 0.1) is 0 Å². The zero-order chi connectivity index (χ0) is 24.2. The Hall–Kier alpha value is -1.88. The highest BCUT2D eigenvalue weighted by molar-refractivity contribution is 5.73. The van der Waals surface area contributed by atoms with Gasteiger partial charge in [-0.25, -0.2) is 0 Å². The van der Waals surface area contributed by atoms with Gasteiger partial charge in [-0.1, -0.05) is 115 Å². The summed E-state index contributed by atoms with van der Waals surface area (Å²) in [5.41, 5.74) is 6.34. The van der Waals surface area contributed by atoms with E-state index in [1.807, 2.05) is 0 Å². The Morgan fingerprint density at radius 3 is 1.61 bits per heavy atom. The van der Waals surface area contributed by atoms with E-state index in [1.165, 1.54) is 89.9 Å². The van der Waals surface area contributed by atoms with E-state index < -0.39 is 12.0 Å². The molecule has 0 saturated carbocycles. The molecule has 0 spiro atoms. The van der Waals surface area contributed by atoms with Crippen LogP contribution in [0, 0.1) is 0 Å². The summed E-state index contributed by atoms with van der Waals surface area (Å²) in [4.78, 5) is 22.8. The van der Waals surface area contributed by atoms with Crippen LogP contribution in [0.25, 0.3) is 0 Å². The predicted octanol–water partition coefficient (Wildman–Crippen LogP) is 7.20. The van der Waals surface area contributed by atoms with Crippen LogP contribution >= 0.6 is 0 Å². The van der Waals surface area contributed by atoms with Crippen LogP contribution in [-0.2, 0) is 16.0 Å². The number of nitrogens with two attached hydrogens (primary N) is 1. The monoisotopic (exact) mass is 461 g/mol. The smallest absolute Gasteiger partial charge is 0.320 e. The fourth-order valence-electron chi connectivity index (χ4n) is 4.03. The van der Waals surface area contributed by atoms with Gasteiger partial charge < -0.3 is 15.6 Å². The third kappa shape index (κ3) is 16.4. The Morgan fingerprint density at radius 1 is 0.758 bits per heavy atom. The molecular weight excluding hydrogens is 414 g/mol. The third-order valence-corrected chi connectivity index (χ3v) is 6.16. The highest BCUT2D eigenvalue weighted by Gasteiger charge is 2.12. The van der Waals surface area contributed by atoms with Crippen molar-refractivity contribution in [3.05, 3.63) is 29.8 Å². The average Bonchev–Trinajstić information content (AvgIpc) is 2.80. The molecule has 1 aromatic carbocycles. The fraction of sp³-hybridized carbons (Fsp3) is 0.714. The molecule has 0 aliphatic carbocycles. The summed E-state index contributed by atoms with van der Waals surface area (Å²) in [5.74, 6) is -0.746. The minimum Gasteiger partial charge on any atom is -0.480 e. The number of carbonyl (C=O) groups is 2. The van der Waals surface area contributed by atoms with Crippen molar-refractivity contribution in [3.63, 3.8) is 0 Å². The van der Waals surface area contributed by atoms with E-state index in [-0.39, 0.29) is 12.4 Å². The number of aliphatic carboxylic acids is 1. The Balaban J connectivity index is 1.92. The molecule has 5 nitrogen and oxygen atoms in total. The number of hydrogen-bond acceptors (Lipinski definition) is 4. The molecule has 0 unspecified atom stereocenters. The lowest BCUT2D eigenvalue weighted by Gasteiger charge is -2.08. The number of unbranched alkanes of at least 4 members (excludes halogenated alkanes) is 15. The molecule has 1 rings (SSSR count). The molecule has 0 bridgehead atoms. The van der Waals surface area contributed by atoms with Crippen molar-refractivity contribution in [1.82, 2.24) is 0 Å². The van der Waals surface area contributed by atoms with Crippen molar-refractivity contribution in [2.45, 2.75) is 129 Å². The molecule has 1 aromatic rings. The van der Waals surface area contributed by atoms with E-state index in [0.29, 0.717) is 12.2 Å². The Labute approximate surface area is 201 Å². The maximum atomic E-state index is 12.0. The number of ether oxygens (including phenoxy) is 1. The first-order valence-electron chi connectivity index (χ1n) is 13.3. The summed E-state index contributed by atoms with van der Waals surface area (Å²) < 4.78 is 5.36. The predicted molar refractivity (Wildman–Crippen MR) is 136 cm³/mol. The molecule has 0 fully saturated rings. The van der Waals surface area contributed by atoms with Crippen molar-refractivity contribution in [1.29, 1.82) is 0 Å². The van der Waals surface area contributed by atoms with Crippen LogP contribution in [0.3, 0.4) is 0 Å². The summed E-state index contributed by atoms with van der Waals surface area (Å²) in [5, 5.41) is 8.86. The number of carbonyl (C=O) groups excluding carboxylic acids is 1. The Bertz CT molecular complexity index is 629. The third-order valence-electron chi connectivity index (χ3n) is 6.16. The molecule has 0 amide bonds. The molecule has 3 N–H and O–H groups in total. The van der Waals surface area contributed by atoms with Gasteiger partial charge in [-0.05, 0) is 30.5 Å². The zero-order valence-electron chi connectivity index (χ0n) is 20.9. The molecule has 0 aliphatic rings. The first-order valence-corrected chi connectivity index (χ1v) is 13.3. The molecule has 0 heterocycles. The highest BCUT2D eigenvalue weighted by atomic mass is 16.5. The molecule has 188 valence electrons. The van der Waals surface area contributed by atoms with E-state index in [0.717, 1.165) is 18.4 Å². The summed E-state index contributed by atoms with van der Waals surface area (Å²) in [7, 11) is 0. The first-order chi connectivity index (χ1) is 16.0. The minimum atomic E-state index is -1.02. The van der Waals surface area contributed by atoms with Gasteiger partial charge in [-0.3, -0.25) is 9.59 Å². The van der Waals surface area contributed by atoms with Gasteiger partial charge in [0.2, 0.25) is 0 Å². The van der Waals surface area contributed by atoms with Crippen molar-refractivity contribution < 1.29 is 19.4 Å². The molecule has 0 aromatic heterocycles. The van der Waals surface area contributed by atoms with E-state index in [9.17, 15) is 9.59 Å². The van der Waals surface area contributed by atoms with Crippen LogP contribution in [0.15, 0.2) is 24.3 Å². The molecule has 33 heavy (non-hydrogen) atoms. The second kappa shape index (κ2) is 19.6. The summed E-state index contributed by atoms with van der Waals surface area (Å²) in [6, 6.07) is 5.96. The Morgan fingerprint density at radius 2 is 1.18 bits per heavy atom. The molecule has 0 saturated heterocycles. The number of rotatable bonds is 21. The standard InChI is InChI=1S/C28H47NO4/c1-2-3-4-5-6-7-8-9-10-11-12-13-14-15-16-17-18-27(30)33-25-21-19-24(20-22-25)23-26(29)28(31)32/h19-22,26H,2-18,23,29H2,1H3,(H,31,32)/t26-/m0/s1. The zero-order valence-corrected chi connectivity index (χ0v) is 20.9. The highest BCUT2D eigenvalue weighted by Crippen LogP contribution is 2.16. The fourth-order valence-corrected chi connectivity index (χ4v) is 4.03. The topological polar surface area (TPSA) is 89.6 Å². The maximum absolute atomic E-state index is 12.0. The summed E-state index contributed by atoms with van der Waals surface area (Å²) in [6.45, 7) is 2.27. The second-order valence-corrected chi connectivity index (χ2v) is 9.32. The lowest BCUT2D eigenvalue weighted by atomic mass is 10.0. The molecule has 1 atom stereocenters. The average molecular weight is 462 g/mol. The number of carboxylic acid groups (broad SMARTS) is 1. The molecule has 5 heteroatoms. The largest absolute Gasteiger partial charge is 0.480 e. The van der Waals surface area contributed by atoms with E-state index in [1.54, 1.807) is 24.3 Å². The number of carboxylic acids is 1. The Kier molecular flexibility index (Phi) is 17.3. The van der Waals surface area contributed by atoms with E-state index in [2.05, 4.69) is 6.92 Å². The van der Waals surface area contributed by atoms with Gasteiger partial charge in [0, 0.05) is 6.42 Å². The van der Waals surface area contributed by atoms with Gasteiger partial charge in [-0.2, -0.15) is 0 Å². The van der Waals surface area contributed by atoms with Gasteiger partial charge in [-0.15, -0.1) is 0 Å². The maximum Gasteiger partial charge on any atom is 0.320 e. The van der Waals surface area contributed by atoms with Crippen LogP contribution in [-0.4, -0.2) is 23.1 Å². The SMILES string of the molecule is CCCCCCCCCCCCCCCCCCC(=O)Oc1ccc(C[C@H](N)C(=O)O)cc1. The van der Waals surface area contributed by atoms with Crippen molar-refractivity contribution in [2.24, 2.45) is 5.73 Å². The van der Waals surface area contributed by atoms with Gasteiger partial charge >= 0.3 is 11.9 Å². The van der Waals surface area contributed by atoms with Crippen LogP contribution < -0.4 is 10.5 Å². The lowest BCUT2D eigenvalue weighted by Crippen LogP contribution is -2.32. The van der Waals surface area contributed by atoms with Gasteiger partial charge in [0.15, 0.2) is 0 Å². The molecule has 0 radical (unpaired) electrons. The van der Waals surface area contributed by atoms with Crippen molar-refractivity contribution in [2.75, 3.05) is 0 Å². The minimum absolute atomic E-state index is 0.213. The molecular formula is C28H47NO4. The van der Waals surface area contributed by atoms with Gasteiger partial charge in [0.1, 0.15) is 11.8 Å². The van der Waals surface area contributed by atoms with Crippen LogP contribution in [0.2, 0.25) is 0 Å². The van der Waals surface area contributed by atoms with Gasteiger partial charge in [0.25, 0.3) is 0 Å². The summed E-state index contributed by atoms with van der Waals surface area (Å²) in [6.07, 6.45) is 21.7. The van der Waals surface area contributed by atoms with Crippen LogP contribution in [0.4, 0.5) is 0 Å². The first kappa shape index (κ1) is 29.2. The van der Waals surface area contributed by atoms with Crippen LogP contribution in [0.1, 0.15) is 122 Å². The van der Waals surface area contributed by atoms with Crippen molar-refractivity contribution >= 4 is 11.9 Å². The quantitative estimate of drug-likeness (QED) is 0.115. The molecule has 0 aliphatic heterocycles. The number of hydrogen-bond donors (Lipinski definition) is 2. The second-order valence-electron chi connectivity index (χ2n) is 9.32. The number of benzene rings is 1. The normalized spacial score (nSPS) is 11.9. The van der Waals surface area contributed by atoms with Crippen LogP contribution in [0.5, 0.6) is 5.75 Å². The summed E-state index contributed by atoms with van der Waals surface area (Å²) >= 11 is 0. The number of esters is 1. The van der Waals surface area contributed by atoms with E-state index >= 15 is 0 Å².